The van der Waals surface area contributed by atoms with Crippen molar-refractivity contribution in [1.82, 2.24) is 4.98 Å². The van der Waals surface area contributed by atoms with Crippen LogP contribution in [0.4, 0.5) is 5.69 Å². The second kappa shape index (κ2) is 4.97. The Morgan fingerprint density at radius 3 is 2.41 bits per heavy atom. The van der Waals surface area contributed by atoms with Crippen molar-refractivity contribution < 1.29 is 0 Å². The van der Waals surface area contributed by atoms with Crippen LogP contribution >= 0.6 is 0 Å². The number of anilines is 1. The third kappa shape index (κ3) is 2.45. The number of rotatable bonds is 3. The maximum Gasteiger partial charge on any atom is 0.0617 e. The zero-order chi connectivity index (χ0) is 12.3. The Labute approximate surface area is 102 Å². The minimum atomic E-state index is 0.464. The summed E-state index contributed by atoms with van der Waals surface area (Å²) in [7, 11) is 4.06. The topological polar surface area (TPSA) is 42.2 Å². The zero-order valence-electron chi connectivity index (χ0n) is 10.2. The second-order valence-corrected chi connectivity index (χ2v) is 4.14. The van der Waals surface area contributed by atoms with Gasteiger partial charge in [0.05, 0.1) is 5.69 Å². The normalized spacial score (nSPS) is 10.3. The van der Waals surface area contributed by atoms with Crippen molar-refractivity contribution in [2.45, 2.75) is 6.54 Å². The minimum absolute atomic E-state index is 0.464. The minimum Gasteiger partial charge on any atom is -0.378 e. The summed E-state index contributed by atoms with van der Waals surface area (Å²) in [6.45, 7) is 0.464. The van der Waals surface area contributed by atoms with Crippen molar-refractivity contribution in [2.75, 3.05) is 19.0 Å². The van der Waals surface area contributed by atoms with Gasteiger partial charge in [-0.25, -0.2) is 0 Å². The maximum atomic E-state index is 5.70. The highest BCUT2D eigenvalue weighted by Crippen LogP contribution is 2.24. The van der Waals surface area contributed by atoms with Gasteiger partial charge in [0.1, 0.15) is 0 Å². The van der Waals surface area contributed by atoms with E-state index < -0.39 is 0 Å². The van der Waals surface area contributed by atoms with E-state index in [-0.39, 0.29) is 0 Å². The average molecular weight is 227 g/mol. The van der Waals surface area contributed by atoms with Crippen LogP contribution in [0, 0.1) is 0 Å². The first-order valence-electron chi connectivity index (χ1n) is 5.64. The molecule has 3 nitrogen and oxygen atoms in total. The lowest BCUT2D eigenvalue weighted by molar-refractivity contribution is 0.994. The number of hydrogen-bond donors (Lipinski definition) is 1. The fourth-order valence-electron chi connectivity index (χ4n) is 1.80. The van der Waals surface area contributed by atoms with Crippen LogP contribution in [0.3, 0.4) is 0 Å². The van der Waals surface area contributed by atoms with E-state index in [0.29, 0.717) is 6.54 Å². The largest absolute Gasteiger partial charge is 0.378 e. The Hall–Kier alpha value is -1.87. The molecule has 17 heavy (non-hydrogen) atoms. The third-order valence-electron chi connectivity index (χ3n) is 2.78. The molecule has 0 atom stereocenters. The summed E-state index contributed by atoms with van der Waals surface area (Å²) in [5, 5.41) is 0. The van der Waals surface area contributed by atoms with Crippen LogP contribution in [0.1, 0.15) is 5.69 Å². The van der Waals surface area contributed by atoms with E-state index in [9.17, 15) is 0 Å². The molecule has 0 amide bonds. The molecule has 0 saturated carbocycles. The van der Waals surface area contributed by atoms with Gasteiger partial charge < -0.3 is 10.6 Å². The molecule has 0 fully saturated rings. The zero-order valence-corrected chi connectivity index (χ0v) is 10.2. The maximum absolute atomic E-state index is 5.70. The lowest BCUT2D eigenvalue weighted by Crippen LogP contribution is -2.08. The molecule has 1 aromatic carbocycles. The Morgan fingerprint density at radius 2 is 1.82 bits per heavy atom. The quantitative estimate of drug-likeness (QED) is 0.874. The van der Waals surface area contributed by atoms with E-state index in [0.717, 1.165) is 16.8 Å². The highest BCUT2D eigenvalue weighted by atomic mass is 15.1. The number of benzene rings is 1. The summed E-state index contributed by atoms with van der Waals surface area (Å²) >= 11 is 0. The van der Waals surface area contributed by atoms with Gasteiger partial charge in [-0.15, -0.1) is 0 Å². The summed E-state index contributed by atoms with van der Waals surface area (Å²) in [4.78, 5) is 6.38. The van der Waals surface area contributed by atoms with Crippen molar-refractivity contribution in [3.63, 3.8) is 0 Å². The standard InChI is InChI=1S/C14H17N3/c1-17(2)12-7-5-11(6-8-12)13-4-3-9-16-14(13)10-15/h3-9H,10,15H2,1-2H3. The monoisotopic (exact) mass is 227 g/mol. The van der Waals surface area contributed by atoms with Crippen LogP contribution in [-0.2, 0) is 6.54 Å². The molecule has 1 aromatic heterocycles. The lowest BCUT2D eigenvalue weighted by Gasteiger charge is -2.13. The first-order chi connectivity index (χ1) is 8.22. The molecule has 0 aliphatic rings. The smallest absolute Gasteiger partial charge is 0.0617 e. The van der Waals surface area contributed by atoms with E-state index in [1.807, 2.05) is 20.2 Å². The van der Waals surface area contributed by atoms with Crippen LogP contribution in [0.5, 0.6) is 0 Å². The van der Waals surface area contributed by atoms with Crippen molar-refractivity contribution in [2.24, 2.45) is 5.73 Å². The highest BCUT2D eigenvalue weighted by molar-refractivity contribution is 5.68. The summed E-state index contributed by atoms with van der Waals surface area (Å²) < 4.78 is 0. The van der Waals surface area contributed by atoms with E-state index in [1.165, 1.54) is 5.69 Å². The molecule has 0 radical (unpaired) electrons. The molecule has 2 rings (SSSR count). The third-order valence-corrected chi connectivity index (χ3v) is 2.78. The molecule has 3 heteroatoms. The summed E-state index contributed by atoms with van der Waals surface area (Å²) in [6, 6.07) is 12.4. The molecule has 0 spiro atoms. The first kappa shape index (κ1) is 11.6. The molecular weight excluding hydrogens is 210 g/mol. The molecule has 2 N–H and O–H groups in total. The number of aromatic nitrogens is 1. The van der Waals surface area contributed by atoms with Crippen LogP contribution in [0.15, 0.2) is 42.6 Å². The Bertz CT molecular complexity index is 489. The molecule has 0 unspecified atom stereocenters. The molecule has 0 aliphatic carbocycles. The van der Waals surface area contributed by atoms with E-state index in [1.54, 1.807) is 6.20 Å². The SMILES string of the molecule is CN(C)c1ccc(-c2cccnc2CN)cc1. The predicted octanol–water partition coefficient (Wildman–Crippen LogP) is 2.27. The van der Waals surface area contributed by atoms with Crippen molar-refractivity contribution in [1.29, 1.82) is 0 Å². The molecular formula is C14H17N3. The molecule has 0 bridgehead atoms. The fourth-order valence-corrected chi connectivity index (χ4v) is 1.80. The Kier molecular flexibility index (Phi) is 3.40. The Morgan fingerprint density at radius 1 is 1.12 bits per heavy atom. The molecule has 0 saturated heterocycles. The Balaban J connectivity index is 2.40. The van der Waals surface area contributed by atoms with Gasteiger partial charge in [-0.2, -0.15) is 0 Å². The van der Waals surface area contributed by atoms with E-state index >= 15 is 0 Å². The van der Waals surface area contributed by atoms with Gasteiger partial charge in [0, 0.05) is 38.1 Å². The number of nitrogens with two attached hydrogens (primary N) is 1. The number of pyridine rings is 1. The van der Waals surface area contributed by atoms with Gasteiger partial charge in [-0.1, -0.05) is 18.2 Å². The number of hydrogen-bond acceptors (Lipinski definition) is 3. The summed E-state index contributed by atoms with van der Waals surface area (Å²) in [6.07, 6.45) is 1.78. The van der Waals surface area contributed by atoms with Crippen molar-refractivity contribution >= 4 is 5.69 Å². The molecule has 88 valence electrons. The van der Waals surface area contributed by atoms with Gasteiger partial charge in [0.15, 0.2) is 0 Å². The summed E-state index contributed by atoms with van der Waals surface area (Å²) in [5.41, 5.74) is 10.1. The second-order valence-electron chi connectivity index (χ2n) is 4.14. The van der Waals surface area contributed by atoms with Gasteiger partial charge in [-0.05, 0) is 23.8 Å². The van der Waals surface area contributed by atoms with Crippen molar-refractivity contribution in [3.8, 4) is 11.1 Å². The van der Waals surface area contributed by atoms with Crippen molar-refractivity contribution in [3.05, 3.63) is 48.3 Å². The number of nitrogens with zero attached hydrogens (tertiary/aromatic N) is 2. The first-order valence-corrected chi connectivity index (χ1v) is 5.64. The van der Waals surface area contributed by atoms with Crippen LogP contribution in [0.25, 0.3) is 11.1 Å². The van der Waals surface area contributed by atoms with Crippen LogP contribution in [0.2, 0.25) is 0 Å². The molecule has 0 aliphatic heterocycles. The van der Waals surface area contributed by atoms with Gasteiger partial charge in [0.2, 0.25) is 0 Å². The summed E-state index contributed by atoms with van der Waals surface area (Å²) in [5.74, 6) is 0. The van der Waals surface area contributed by atoms with Crippen LogP contribution in [-0.4, -0.2) is 19.1 Å². The van der Waals surface area contributed by atoms with Gasteiger partial charge in [-0.3, -0.25) is 4.98 Å². The van der Waals surface area contributed by atoms with Gasteiger partial charge in [0.25, 0.3) is 0 Å². The molecule has 2 aromatic rings. The van der Waals surface area contributed by atoms with E-state index in [4.69, 9.17) is 5.73 Å². The fraction of sp³-hybridized carbons (Fsp3) is 0.214. The van der Waals surface area contributed by atoms with Crippen LogP contribution < -0.4 is 10.6 Å². The molecule has 1 heterocycles. The lowest BCUT2D eigenvalue weighted by atomic mass is 10.0. The predicted molar refractivity (Wildman–Crippen MR) is 71.9 cm³/mol. The van der Waals surface area contributed by atoms with Gasteiger partial charge >= 0.3 is 0 Å². The average Bonchev–Trinajstić information content (AvgIpc) is 2.39. The highest BCUT2D eigenvalue weighted by Gasteiger charge is 2.04. The van der Waals surface area contributed by atoms with E-state index in [2.05, 4.69) is 40.2 Å².